The van der Waals surface area contributed by atoms with Crippen LogP contribution in [-0.4, -0.2) is 19.8 Å². The number of benzene rings is 2. The summed E-state index contributed by atoms with van der Waals surface area (Å²) < 4.78 is 11.1. The maximum Gasteiger partial charge on any atom is 0.119 e. The van der Waals surface area contributed by atoms with Crippen LogP contribution in [-0.2, 0) is 4.74 Å². The maximum atomic E-state index is 5.86. The normalized spacial score (nSPS) is 23.9. The van der Waals surface area contributed by atoms with E-state index < -0.39 is 0 Å². The molecule has 3 atom stereocenters. The Morgan fingerprint density at radius 1 is 1.20 bits per heavy atom. The van der Waals surface area contributed by atoms with Crippen molar-refractivity contribution in [2.75, 3.05) is 13.7 Å². The number of hydrogen-bond donors (Lipinski definition) is 0. The van der Waals surface area contributed by atoms with Crippen LogP contribution in [0.15, 0.2) is 36.4 Å². The monoisotopic (exact) mass is 334 g/mol. The quantitative estimate of drug-likeness (QED) is 0.757. The van der Waals surface area contributed by atoms with Gasteiger partial charge in [-0.1, -0.05) is 41.1 Å². The van der Waals surface area contributed by atoms with Crippen molar-refractivity contribution in [1.29, 1.82) is 0 Å². The zero-order chi connectivity index (χ0) is 14.1. The number of halogens is 1. The Hall–Kier alpha value is -1.06. The van der Waals surface area contributed by atoms with Gasteiger partial charge >= 0.3 is 0 Å². The lowest BCUT2D eigenvalue weighted by molar-refractivity contribution is 0.0935. The molecular formula is C17H19BrO2. The molecule has 0 radical (unpaired) electrons. The van der Waals surface area contributed by atoms with Crippen LogP contribution in [0.1, 0.15) is 23.7 Å². The fraction of sp³-hybridized carbons (Fsp3) is 0.412. The number of ether oxygens (including phenoxy) is 2. The van der Waals surface area contributed by atoms with Crippen LogP contribution in [0.2, 0.25) is 0 Å². The summed E-state index contributed by atoms with van der Waals surface area (Å²) >= 11 is 3.82. The van der Waals surface area contributed by atoms with Crippen LogP contribution in [0.25, 0.3) is 10.8 Å². The molecule has 1 aliphatic rings. The van der Waals surface area contributed by atoms with Gasteiger partial charge in [-0.15, -0.1) is 0 Å². The molecule has 20 heavy (non-hydrogen) atoms. The number of fused-ring (bicyclic) bond motifs is 1. The van der Waals surface area contributed by atoms with Crippen LogP contribution < -0.4 is 4.74 Å². The van der Waals surface area contributed by atoms with Crippen molar-refractivity contribution in [1.82, 2.24) is 0 Å². The minimum absolute atomic E-state index is 0.256. The fourth-order valence-electron chi connectivity index (χ4n) is 2.82. The second-order valence-corrected chi connectivity index (χ2v) is 6.46. The summed E-state index contributed by atoms with van der Waals surface area (Å²) in [6.45, 7) is 3.14. The third-order valence-corrected chi connectivity index (χ3v) is 5.17. The highest BCUT2D eigenvalue weighted by molar-refractivity contribution is 9.09. The van der Waals surface area contributed by atoms with Gasteiger partial charge in [0.1, 0.15) is 5.75 Å². The molecule has 2 nitrogen and oxygen atoms in total. The zero-order valence-electron chi connectivity index (χ0n) is 11.8. The molecule has 3 heteroatoms. The van der Waals surface area contributed by atoms with Gasteiger partial charge in [-0.25, -0.2) is 0 Å². The predicted molar refractivity (Wildman–Crippen MR) is 85.7 cm³/mol. The summed E-state index contributed by atoms with van der Waals surface area (Å²) in [6, 6.07) is 12.7. The Morgan fingerprint density at radius 2 is 1.95 bits per heavy atom. The number of methoxy groups -OCH3 is 1. The van der Waals surface area contributed by atoms with E-state index in [1.807, 2.05) is 6.07 Å². The van der Waals surface area contributed by atoms with Crippen LogP contribution in [0.3, 0.4) is 0 Å². The molecule has 0 amide bonds. The zero-order valence-corrected chi connectivity index (χ0v) is 13.4. The molecule has 0 aliphatic carbocycles. The summed E-state index contributed by atoms with van der Waals surface area (Å²) in [5.41, 5.74) is 1.28. The van der Waals surface area contributed by atoms with Crippen molar-refractivity contribution in [3.63, 3.8) is 0 Å². The molecule has 0 saturated carbocycles. The molecule has 0 spiro atoms. The van der Waals surface area contributed by atoms with Gasteiger partial charge in [0.05, 0.1) is 18.0 Å². The summed E-state index contributed by atoms with van der Waals surface area (Å²) in [5.74, 6) is 1.50. The van der Waals surface area contributed by atoms with E-state index in [-0.39, 0.29) is 10.9 Å². The highest BCUT2D eigenvalue weighted by Gasteiger charge is 2.31. The van der Waals surface area contributed by atoms with E-state index >= 15 is 0 Å². The van der Waals surface area contributed by atoms with E-state index in [4.69, 9.17) is 9.47 Å². The fourth-order valence-corrected chi connectivity index (χ4v) is 3.78. The van der Waals surface area contributed by atoms with Gasteiger partial charge in [0.25, 0.3) is 0 Å². The molecule has 1 heterocycles. The molecule has 0 N–H and O–H groups in total. The molecule has 1 aliphatic heterocycles. The van der Waals surface area contributed by atoms with Crippen molar-refractivity contribution < 1.29 is 9.47 Å². The number of hydrogen-bond acceptors (Lipinski definition) is 2. The van der Waals surface area contributed by atoms with Gasteiger partial charge in [-0.3, -0.25) is 0 Å². The van der Waals surface area contributed by atoms with Gasteiger partial charge in [-0.2, -0.15) is 0 Å². The Balaban J connectivity index is 1.92. The first-order chi connectivity index (χ1) is 9.69. The average Bonchev–Trinajstić information content (AvgIpc) is 2.91. The second-order valence-electron chi connectivity index (χ2n) is 5.48. The smallest absolute Gasteiger partial charge is 0.119 e. The topological polar surface area (TPSA) is 18.5 Å². The second kappa shape index (κ2) is 5.74. The first-order valence-electron chi connectivity index (χ1n) is 7.02. The molecule has 1 saturated heterocycles. The van der Waals surface area contributed by atoms with E-state index in [0.29, 0.717) is 5.92 Å². The van der Waals surface area contributed by atoms with Crippen molar-refractivity contribution in [2.24, 2.45) is 5.92 Å². The van der Waals surface area contributed by atoms with E-state index in [1.165, 1.54) is 16.3 Å². The van der Waals surface area contributed by atoms with E-state index in [0.717, 1.165) is 18.8 Å². The minimum atomic E-state index is 0.256. The minimum Gasteiger partial charge on any atom is -0.497 e. The molecule has 2 aromatic rings. The van der Waals surface area contributed by atoms with Gasteiger partial charge in [-0.05, 0) is 46.9 Å². The molecule has 106 valence electrons. The third-order valence-electron chi connectivity index (χ3n) is 4.12. The van der Waals surface area contributed by atoms with Crippen LogP contribution in [0, 0.1) is 5.92 Å². The third kappa shape index (κ3) is 2.57. The molecule has 0 bridgehead atoms. The van der Waals surface area contributed by atoms with Crippen molar-refractivity contribution >= 4 is 26.7 Å². The highest BCUT2D eigenvalue weighted by atomic mass is 79.9. The summed E-state index contributed by atoms with van der Waals surface area (Å²) in [5, 5.41) is 2.44. The molecule has 1 fully saturated rings. The lowest BCUT2D eigenvalue weighted by Crippen LogP contribution is -2.19. The molecule has 0 aromatic heterocycles. The van der Waals surface area contributed by atoms with Crippen molar-refractivity contribution in [3.05, 3.63) is 42.0 Å². The van der Waals surface area contributed by atoms with Gasteiger partial charge in [0.2, 0.25) is 0 Å². The van der Waals surface area contributed by atoms with Crippen LogP contribution in [0.5, 0.6) is 5.75 Å². The Morgan fingerprint density at radius 3 is 2.65 bits per heavy atom. The predicted octanol–water partition coefficient (Wildman–Crippen LogP) is 4.71. The van der Waals surface area contributed by atoms with E-state index in [9.17, 15) is 0 Å². The van der Waals surface area contributed by atoms with Crippen molar-refractivity contribution in [2.45, 2.75) is 24.3 Å². The Bertz CT molecular complexity index is 611. The first-order valence-corrected chi connectivity index (χ1v) is 7.94. The van der Waals surface area contributed by atoms with Crippen LogP contribution >= 0.6 is 15.9 Å². The first kappa shape index (κ1) is 13.9. The van der Waals surface area contributed by atoms with E-state index in [2.05, 4.69) is 53.2 Å². The Labute approximate surface area is 128 Å². The summed E-state index contributed by atoms with van der Waals surface area (Å²) in [4.78, 5) is 0.256. The summed E-state index contributed by atoms with van der Waals surface area (Å²) in [7, 11) is 1.70. The number of rotatable bonds is 3. The van der Waals surface area contributed by atoms with Gasteiger partial charge in [0, 0.05) is 6.61 Å². The molecule has 2 aromatic carbocycles. The summed E-state index contributed by atoms with van der Waals surface area (Å²) in [6.07, 6.45) is 1.42. The number of alkyl halides is 1. The van der Waals surface area contributed by atoms with Crippen LogP contribution in [0.4, 0.5) is 0 Å². The molecule has 3 rings (SSSR count). The average molecular weight is 335 g/mol. The molecule has 3 unspecified atom stereocenters. The van der Waals surface area contributed by atoms with Gasteiger partial charge < -0.3 is 9.47 Å². The van der Waals surface area contributed by atoms with Crippen molar-refractivity contribution in [3.8, 4) is 5.75 Å². The lowest BCUT2D eigenvalue weighted by atomic mass is 9.96. The van der Waals surface area contributed by atoms with E-state index in [1.54, 1.807) is 7.11 Å². The SMILES string of the molecule is COc1ccc2cc(C(Br)C3OCCC3C)ccc2c1. The highest BCUT2D eigenvalue weighted by Crippen LogP contribution is 2.38. The maximum absolute atomic E-state index is 5.86. The lowest BCUT2D eigenvalue weighted by Gasteiger charge is -2.21. The standard InChI is InChI=1S/C17H19BrO2/c1-11-7-8-20-17(11)16(18)14-4-3-13-10-15(19-2)6-5-12(13)9-14/h3-6,9-11,16-17H,7-8H2,1-2H3. The van der Waals surface area contributed by atoms with Gasteiger partial charge in [0.15, 0.2) is 0 Å². The Kier molecular flexibility index (Phi) is 3.99. The largest absolute Gasteiger partial charge is 0.497 e. The molecular weight excluding hydrogens is 316 g/mol.